The summed E-state index contributed by atoms with van der Waals surface area (Å²) in [6.07, 6.45) is 1.63. The molecule has 0 radical (unpaired) electrons. The van der Waals surface area contributed by atoms with Gasteiger partial charge in [-0.25, -0.2) is 4.98 Å². The van der Waals surface area contributed by atoms with Crippen molar-refractivity contribution < 1.29 is 13.9 Å². The number of nitrogens with two attached hydrogens (primary N) is 1. The van der Waals surface area contributed by atoms with E-state index in [4.69, 9.17) is 14.9 Å². The molecule has 2 N–H and O–H groups in total. The van der Waals surface area contributed by atoms with Crippen LogP contribution < -0.4 is 15.4 Å². The number of ether oxygens (including phenoxy) is 1. The van der Waals surface area contributed by atoms with Crippen LogP contribution >= 0.6 is 0 Å². The zero-order valence-electron chi connectivity index (χ0n) is 11.1. The van der Waals surface area contributed by atoms with Gasteiger partial charge in [0.15, 0.2) is 12.4 Å². The van der Waals surface area contributed by atoms with Gasteiger partial charge in [0.1, 0.15) is 5.75 Å². The van der Waals surface area contributed by atoms with Crippen molar-refractivity contribution in [1.82, 2.24) is 4.98 Å². The number of hydrogen-bond acceptors (Lipinski definition) is 5. The van der Waals surface area contributed by atoms with Crippen LogP contribution in [0.15, 0.2) is 28.8 Å². The fourth-order valence-corrected chi connectivity index (χ4v) is 2.24. The maximum atomic E-state index is 11.8. The SMILES string of the molecule is CCN1C(=O)COc2ccc(-c3cnc(CN)o3)cc21. The van der Waals surface area contributed by atoms with Gasteiger partial charge in [-0.1, -0.05) is 0 Å². The number of carbonyl (C=O) groups is 1. The summed E-state index contributed by atoms with van der Waals surface area (Å²) < 4.78 is 11.0. The average Bonchev–Trinajstić information content (AvgIpc) is 2.95. The Balaban J connectivity index is 2.03. The van der Waals surface area contributed by atoms with E-state index in [0.29, 0.717) is 23.9 Å². The third-order valence-corrected chi connectivity index (χ3v) is 3.23. The molecule has 0 atom stereocenters. The Kier molecular flexibility index (Phi) is 3.15. The predicted octanol–water partition coefficient (Wildman–Crippen LogP) is 1.55. The summed E-state index contributed by atoms with van der Waals surface area (Å²) in [7, 11) is 0. The van der Waals surface area contributed by atoms with Gasteiger partial charge in [0.2, 0.25) is 5.89 Å². The monoisotopic (exact) mass is 273 g/mol. The Morgan fingerprint density at radius 1 is 1.45 bits per heavy atom. The second-order valence-electron chi connectivity index (χ2n) is 4.43. The molecule has 0 fully saturated rings. The molecule has 0 bridgehead atoms. The summed E-state index contributed by atoms with van der Waals surface area (Å²) in [6, 6.07) is 5.59. The van der Waals surface area contributed by atoms with Gasteiger partial charge in [-0.3, -0.25) is 4.79 Å². The number of carbonyl (C=O) groups excluding carboxylic acids is 1. The number of fused-ring (bicyclic) bond motifs is 1. The largest absolute Gasteiger partial charge is 0.482 e. The maximum Gasteiger partial charge on any atom is 0.265 e. The van der Waals surface area contributed by atoms with Gasteiger partial charge in [-0.15, -0.1) is 0 Å². The van der Waals surface area contributed by atoms with Gasteiger partial charge in [0.05, 0.1) is 18.4 Å². The number of hydrogen-bond donors (Lipinski definition) is 1. The third-order valence-electron chi connectivity index (χ3n) is 3.23. The van der Waals surface area contributed by atoms with E-state index in [0.717, 1.165) is 11.3 Å². The fraction of sp³-hybridized carbons (Fsp3) is 0.286. The normalized spacial score (nSPS) is 14.1. The van der Waals surface area contributed by atoms with Gasteiger partial charge < -0.3 is 19.8 Å². The number of aromatic nitrogens is 1. The average molecular weight is 273 g/mol. The molecule has 6 nitrogen and oxygen atoms in total. The van der Waals surface area contributed by atoms with Crippen LogP contribution in [-0.2, 0) is 11.3 Å². The molecule has 0 spiro atoms. The highest BCUT2D eigenvalue weighted by molar-refractivity contribution is 5.98. The molecule has 1 aliphatic heterocycles. The molecule has 1 aromatic heterocycles. The van der Waals surface area contributed by atoms with Gasteiger partial charge in [-0.05, 0) is 25.1 Å². The number of likely N-dealkylation sites (N-methyl/N-ethyl adjacent to an activating group) is 1. The summed E-state index contributed by atoms with van der Waals surface area (Å²) in [6.45, 7) is 2.87. The Bertz CT molecular complexity index is 651. The summed E-state index contributed by atoms with van der Waals surface area (Å²) in [5.41, 5.74) is 7.08. The minimum absolute atomic E-state index is 0.0441. The Morgan fingerprint density at radius 3 is 3.00 bits per heavy atom. The van der Waals surface area contributed by atoms with Gasteiger partial charge in [-0.2, -0.15) is 0 Å². The summed E-state index contributed by atoms with van der Waals surface area (Å²) >= 11 is 0. The lowest BCUT2D eigenvalue weighted by molar-refractivity contribution is -0.121. The van der Waals surface area contributed by atoms with E-state index in [-0.39, 0.29) is 19.1 Å². The molecule has 3 rings (SSSR count). The van der Waals surface area contributed by atoms with Crippen LogP contribution in [0.1, 0.15) is 12.8 Å². The number of oxazole rings is 1. The molecular formula is C14H15N3O3. The van der Waals surface area contributed by atoms with Gasteiger partial charge in [0.25, 0.3) is 5.91 Å². The smallest absolute Gasteiger partial charge is 0.265 e. The first-order chi connectivity index (χ1) is 9.72. The molecule has 0 saturated heterocycles. The van der Waals surface area contributed by atoms with Crippen molar-refractivity contribution in [3.05, 3.63) is 30.3 Å². The van der Waals surface area contributed by atoms with Gasteiger partial charge >= 0.3 is 0 Å². The van der Waals surface area contributed by atoms with Crippen LogP contribution in [0.25, 0.3) is 11.3 Å². The van der Waals surface area contributed by atoms with Crippen molar-refractivity contribution in [2.75, 3.05) is 18.1 Å². The van der Waals surface area contributed by atoms with E-state index >= 15 is 0 Å². The molecule has 2 aromatic rings. The zero-order valence-corrected chi connectivity index (χ0v) is 11.1. The van der Waals surface area contributed by atoms with Crippen LogP contribution in [0.4, 0.5) is 5.69 Å². The highest BCUT2D eigenvalue weighted by Gasteiger charge is 2.24. The third kappa shape index (κ3) is 2.04. The molecule has 1 aromatic carbocycles. The number of rotatable bonds is 3. The number of nitrogens with zero attached hydrogens (tertiary/aromatic N) is 2. The molecule has 20 heavy (non-hydrogen) atoms. The fourth-order valence-electron chi connectivity index (χ4n) is 2.24. The van der Waals surface area contributed by atoms with Crippen LogP contribution in [0.3, 0.4) is 0 Å². The first-order valence-corrected chi connectivity index (χ1v) is 6.45. The van der Waals surface area contributed by atoms with Crippen LogP contribution in [0.2, 0.25) is 0 Å². The lowest BCUT2D eigenvalue weighted by Crippen LogP contribution is -2.38. The van der Waals surface area contributed by atoms with E-state index in [2.05, 4.69) is 4.98 Å². The molecular weight excluding hydrogens is 258 g/mol. The molecule has 1 aliphatic rings. The zero-order chi connectivity index (χ0) is 14.1. The molecule has 6 heteroatoms. The van der Waals surface area contributed by atoms with E-state index in [9.17, 15) is 4.79 Å². The first kappa shape index (κ1) is 12.7. The van der Waals surface area contributed by atoms with Crippen molar-refractivity contribution in [2.24, 2.45) is 5.73 Å². The summed E-state index contributed by atoms with van der Waals surface area (Å²) in [4.78, 5) is 17.6. The van der Waals surface area contributed by atoms with E-state index < -0.39 is 0 Å². The lowest BCUT2D eigenvalue weighted by atomic mass is 10.1. The highest BCUT2D eigenvalue weighted by atomic mass is 16.5. The number of amides is 1. The molecule has 0 saturated carbocycles. The molecule has 1 amide bonds. The summed E-state index contributed by atoms with van der Waals surface area (Å²) in [5, 5.41) is 0. The van der Waals surface area contributed by atoms with Crippen LogP contribution in [-0.4, -0.2) is 24.0 Å². The van der Waals surface area contributed by atoms with Crippen LogP contribution in [0, 0.1) is 0 Å². The minimum Gasteiger partial charge on any atom is -0.482 e. The van der Waals surface area contributed by atoms with Crippen molar-refractivity contribution in [3.8, 4) is 17.1 Å². The van der Waals surface area contributed by atoms with Crippen molar-refractivity contribution in [3.63, 3.8) is 0 Å². The van der Waals surface area contributed by atoms with Crippen molar-refractivity contribution in [1.29, 1.82) is 0 Å². The first-order valence-electron chi connectivity index (χ1n) is 6.45. The molecule has 104 valence electrons. The quantitative estimate of drug-likeness (QED) is 0.917. The van der Waals surface area contributed by atoms with Gasteiger partial charge in [0, 0.05) is 12.1 Å². The Labute approximate surface area is 116 Å². The Morgan fingerprint density at radius 2 is 2.30 bits per heavy atom. The lowest BCUT2D eigenvalue weighted by Gasteiger charge is -2.28. The van der Waals surface area contributed by atoms with E-state index in [1.54, 1.807) is 11.1 Å². The minimum atomic E-state index is -0.0441. The van der Waals surface area contributed by atoms with Crippen LogP contribution in [0.5, 0.6) is 5.75 Å². The van der Waals surface area contributed by atoms with E-state index in [1.165, 1.54) is 0 Å². The molecule has 0 aliphatic carbocycles. The number of anilines is 1. The summed E-state index contributed by atoms with van der Waals surface area (Å²) in [5.74, 6) is 1.77. The second kappa shape index (κ2) is 4.97. The standard InChI is InChI=1S/C14H15N3O3/c1-2-17-10-5-9(12-7-16-13(6-15)20-12)3-4-11(10)19-8-14(17)18/h3-5,7H,2,6,8,15H2,1H3. The Hall–Kier alpha value is -2.34. The predicted molar refractivity (Wildman–Crippen MR) is 73.4 cm³/mol. The topological polar surface area (TPSA) is 81.6 Å². The number of benzene rings is 1. The molecule has 0 unspecified atom stereocenters. The maximum absolute atomic E-state index is 11.8. The van der Waals surface area contributed by atoms with E-state index in [1.807, 2.05) is 25.1 Å². The second-order valence-corrected chi connectivity index (χ2v) is 4.43. The van der Waals surface area contributed by atoms with Crippen molar-refractivity contribution >= 4 is 11.6 Å². The van der Waals surface area contributed by atoms with Crippen molar-refractivity contribution in [2.45, 2.75) is 13.5 Å². The molecule has 2 heterocycles. The highest BCUT2D eigenvalue weighted by Crippen LogP contribution is 2.36.